The molecule has 1 saturated carbocycles. The first-order valence-corrected chi connectivity index (χ1v) is 12.3. The Labute approximate surface area is 188 Å². The fourth-order valence-corrected chi connectivity index (χ4v) is 4.96. The fraction of sp³-hybridized carbons (Fsp3) is 0.571. The van der Waals surface area contributed by atoms with Gasteiger partial charge in [0.25, 0.3) is 0 Å². The molecular formula is C28H38O3. The average molecular weight is 423 g/mol. The molecule has 3 nitrogen and oxygen atoms in total. The molecule has 1 aliphatic carbocycles. The van der Waals surface area contributed by atoms with E-state index in [1.165, 1.54) is 43.2 Å². The van der Waals surface area contributed by atoms with Crippen molar-refractivity contribution >= 4 is 0 Å². The standard InChI is InChI=1S/C28H38O3/c1-3-21(2)23-13-15-24(16-14-23)31-28(30-19-17-22-9-5-4-6-10-22)26-18-20-29-27-12-8-7-11-25(26)27/h7-8,11-16,21-22,26,28H,3-6,9-10,17-20H2,1-2H3. The van der Waals surface area contributed by atoms with Crippen molar-refractivity contribution in [1.82, 2.24) is 0 Å². The van der Waals surface area contributed by atoms with Gasteiger partial charge in [0.15, 0.2) is 0 Å². The summed E-state index contributed by atoms with van der Waals surface area (Å²) in [6.45, 7) is 5.97. The summed E-state index contributed by atoms with van der Waals surface area (Å²) >= 11 is 0. The second-order valence-electron chi connectivity index (χ2n) is 9.31. The van der Waals surface area contributed by atoms with Crippen LogP contribution in [0.25, 0.3) is 0 Å². The third kappa shape index (κ3) is 5.83. The highest BCUT2D eigenvalue weighted by atomic mass is 16.7. The summed E-state index contributed by atoms with van der Waals surface area (Å²) in [5.41, 5.74) is 2.56. The molecule has 2 aliphatic rings. The highest BCUT2D eigenvalue weighted by Crippen LogP contribution is 2.38. The lowest BCUT2D eigenvalue weighted by Gasteiger charge is -2.33. The molecule has 168 valence electrons. The van der Waals surface area contributed by atoms with Crippen LogP contribution in [-0.4, -0.2) is 19.5 Å². The lowest BCUT2D eigenvalue weighted by atomic mass is 9.87. The third-order valence-electron chi connectivity index (χ3n) is 7.18. The number of hydrogen-bond acceptors (Lipinski definition) is 3. The second-order valence-corrected chi connectivity index (χ2v) is 9.31. The number of fused-ring (bicyclic) bond motifs is 1. The van der Waals surface area contributed by atoms with Gasteiger partial charge in [-0.1, -0.05) is 76.3 Å². The zero-order chi connectivity index (χ0) is 21.5. The predicted molar refractivity (Wildman–Crippen MR) is 126 cm³/mol. The summed E-state index contributed by atoms with van der Waals surface area (Å²) in [5.74, 6) is 3.42. The number of ether oxygens (including phenoxy) is 3. The molecule has 1 aliphatic heterocycles. The van der Waals surface area contributed by atoms with E-state index in [1.54, 1.807) is 0 Å². The normalized spacial score (nSPS) is 21.0. The molecule has 0 radical (unpaired) electrons. The van der Waals surface area contributed by atoms with Gasteiger partial charge in [-0.15, -0.1) is 0 Å². The SMILES string of the molecule is CCC(C)c1ccc(OC(OCCC2CCCCC2)C2CCOc3ccccc32)cc1. The number of benzene rings is 2. The minimum Gasteiger partial charge on any atom is -0.493 e. The summed E-state index contributed by atoms with van der Waals surface area (Å²) in [5, 5.41) is 0. The zero-order valence-corrected chi connectivity index (χ0v) is 19.2. The van der Waals surface area contributed by atoms with Crippen molar-refractivity contribution in [3.63, 3.8) is 0 Å². The van der Waals surface area contributed by atoms with Gasteiger partial charge in [-0.05, 0) is 54.9 Å². The minimum absolute atomic E-state index is 0.186. The molecule has 2 aromatic carbocycles. The Kier molecular flexibility index (Phi) is 7.91. The molecule has 0 aromatic heterocycles. The Balaban J connectivity index is 1.47. The van der Waals surface area contributed by atoms with Gasteiger partial charge in [0.1, 0.15) is 11.5 Å². The van der Waals surface area contributed by atoms with Crippen molar-refractivity contribution in [3.8, 4) is 11.5 Å². The Hall–Kier alpha value is -2.00. The summed E-state index contributed by atoms with van der Waals surface area (Å²) < 4.78 is 18.9. The molecule has 3 unspecified atom stereocenters. The molecule has 2 aromatic rings. The summed E-state index contributed by atoms with van der Waals surface area (Å²) in [4.78, 5) is 0. The van der Waals surface area contributed by atoms with Crippen LogP contribution in [0.5, 0.6) is 11.5 Å². The molecule has 0 N–H and O–H groups in total. The van der Waals surface area contributed by atoms with Crippen LogP contribution in [0.3, 0.4) is 0 Å². The first-order valence-electron chi connectivity index (χ1n) is 12.3. The van der Waals surface area contributed by atoms with E-state index in [1.807, 2.05) is 6.07 Å². The topological polar surface area (TPSA) is 27.7 Å². The highest BCUT2D eigenvalue weighted by molar-refractivity contribution is 5.38. The van der Waals surface area contributed by atoms with Crippen LogP contribution in [0.1, 0.15) is 88.2 Å². The second kappa shape index (κ2) is 11.0. The van der Waals surface area contributed by atoms with Gasteiger partial charge < -0.3 is 14.2 Å². The Bertz CT molecular complexity index is 794. The maximum Gasteiger partial charge on any atom is 0.207 e. The van der Waals surface area contributed by atoms with E-state index in [9.17, 15) is 0 Å². The molecule has 3 atom stereocenters. The molecule has 0 saturated heterocycles. The maximum absolute atomic E-state index is 6.49. The first-order chi connectivity index (χ1) is 15.2. The van der Waals surface area contributed by atoms with E-state index in [4.69, 9.17) is 14.2 Å². The fourth-order valence-electron chi connectivity index (χ4n) is 4.96. The van der Waals surface area contributed by atoms with Crippen molar-refractivity contribution in [2.75, 3.05) is 13.2 Å². The van der Waals surface area contributed by atoms with E-state index in [0.29, 0.717) is 12.5 Å². The molecule has 4 rings (SSSR count). The van der Waals surface area contributed by atoms with Crippen LogP contribution in [-0.2, 0) is 4.74 Å². The average Bonchev–Trinajstić information content (AvgIpc) is 2.83. The van der Waals surface area contributed by atoms with Gasteiger partial charge in [0.05, 0.1) is 19.1 Å². The highest BCUT2D eigenvalue weighted by Gasteiger charge is 2.31. The lowest BCUT2D eigenvalue weighted by molar-refractivity contribution is -0.105. The van der Waals surface area contributed by atoms with Crippen LogP contribution < -0.4 is 9.47 Å². The van der Waals surface area contributed by atoms with Gasteiger partial charge in [-0.3, -0.25) is 0 Å². The van der Waals surface area contributed by atoms with E-state index < -0.39 is 0 Å². The van der Waals surface area contributed by atoms with E-state index in [2.05, 4.69) is 56.3 Å². The van der Waals surface area contributed by atoms with Crippen molar-refractivity contribution < 1.29 is 14.2 Å². The Morgan fingerprint density at radius 1 is 0.968 bits per heavy atom. The van der Waals surface area contributed by atoms with E-state index in [0.717, 1.165) is 43.3 Å². The Morgan fingerprint density at radius 3 is 2.52 bits per heavy atom. The quantitative estimate of drug-likeness (QED) is 0.393. The summed E-state index contributed by atoms with van der Waals surface area (Å²) in [6.07, 6.45) is 9.76. The van der Waals surface area contributed by atoms with Crippen molar-refractivity contribution in [3.05, 3.63) is 59.7 Å². The number of rotatable bonds is 9. The van der Waals surface area contributed by atoms with Gasteiger partial charge >= 0.3 is 0 Å². The minimum atomic E-state index is -0.289. The lowest BCUT2D eigenvalue weighted by Crippen LogP contribution is -2.33. The zero-order valence-electron chi connectivity index (χ0n) is 19.2. The first kappa shape index (κ1) is 22.2. The maximum atomic E-state index is 6.49. The van der Waals surface area contributed by atoms with Gasteiger partial charge in [-0.25, -0.2) is 0 Å². The third-order valence-corrected chi connectivity index (χ3v) is 7.18. The number of hydrogen-bond donors (Lipinski definition) is 0. The van der Waals surface area contributed by atoms with Crippen molar-refractivity contribution in [2.45, 2.75) is 83.3 Å². The molecule has 0 bridgehead atoms. The molecule has 0 amide bonds. The van der Waals surface area contributed by atoms with E-state index >= 15 is 0 Å². The van der Waals surface area contributed by atoms with Crippen LogP contribution in [0.4, 0.5) is 0 Å². The predicted octanol–water partition coefficient (Wildman–Crippen LogP) is 7.46. The largest absolute Gasteiger partial charge is 0.493 e. The molecule has 31 heavy (non-hydrogen) atoms. The van der Waals surface area contributed by atoms with E-state index in [-0.39, 0.29) is 12.2 Å². The molecule has 0 spiro atoms. The molecule has 1 fully saturated rings. The van der Waals surface area contributed by atoms with Crippen molar-refractivity contribution in [2.24, 2.45) is 5.92 Å². The molecular weight excluding hydrogens is 384 g/mol. The van der Waals surface area contributed by atoms with Crippen LogP contribution in [0, 0.1) is 5.92 Å². The van der Waals surface area contributed by atoms with Crippen LogP contribution in [0.2, 0.25) is 0 Å². The van der Waals surface area contributed by atoms with Gasteiger partial charge in [-0.2, -0.15) is 0 Å². The monoisotopic (exact) mass is 422 g/mol. The smallest absolute Gasteiger partial charge is 0.207 e. The summed E-state index contributed by atoms with van der Waals surface area (Å²) in [6, 6.07) is 16.9. The van der Waals surface area contributed by atoms with Gasteiger partial charge in [0.2, 0.25) is 6.29 Å². The Morgan fingerprint density at radius 2 is 1.74 bits per heavy atom. The van der Waals surface area contributed by atoms with Gasteiger partial charge in [0, 0.05) is 5.56 Å². The number of para-hydroxylation sites is 1. The van der Waals surface area contributed by atoms with Crippen molar-refractivity contribution in [1.29, 1.82) is 0 Å². The summed E-state index contributed by atoms with van der Waals surface area (Å²) in [7, 11) is 0. The van der Waals surface area contributed by atoms with Crippen LogP contribution in [0.15, 0.2) is 48.5 Å². The molecule has 1 heterocycles. The molecule has 3 heteroatoms. The van der Waals surface area contributed by atoms with Crippen LogP contribution >= 0.6 is 0 Å².